The van der Waals surface area contributed by atoms with Crippen LogP contribution >= 0.6 is 0 Å². The predicted molar refractivity (Wildman–Crippen MR) is 101 cm³/mol. The Bertz CT molecular complexity index is 1030. The summed E-state index contributed by atoms with van der Waals surface area (Å²) in [4.78, 5) is 18.1. The Balaban J connectivity index is 1.34. The van der Waals surface area contributed by atoms with Crippen LogP contribution in [0.2, 0.25) is 0 Å². The first kappa shape index (κ1) is 16.1. The lowest BCUT2D eigenvalue weighted by atomic mass is 9.98. The standard InChI is InChI=1S/C21H20N2O4/c1-25-16-4-2-14-8-18(22-17(14)10-16)21(24)23-7-6-15(11-23)13-3-5-19-20(9-13)27-12-26-19/h2-5,8-10,15,22H,6-7,11-12H2,1H3. The Morgan fingerprint density at radius 2 is 2.04 bits per heavy atom. The number of nitrogens with one attached hydrogen (secondary N) is 1. The van der Waals surface area contributed by atoms with Gasteiger partial charge in [-0.05, 0) is 42.3 Å². The van der Waals surface area contributed by atoms with Crippen molar-refractivity contribution in [2.24, 2.45) is 0 Å². The van der Waals surface area contributed by atoms with Crippen LogP contribution in [-0.2, 0) is 0 Å². The second-order valence-corrected chi connectivity index (χ2v) is 6.99. The Labute approximate surface area is 156 Å². The zero-order valence-electron chi connectivity index (χ0n) is 15.0. The molecule has 2 aliphatic heterocycles. The normalized spacial score (nSPS) is 18.3. The molecule has 3 aromatic rings. The van der Waals surface area contributed by atoms with Gasteiger partial charge in [0.25, 0.3) is 5.91 Å². The summed E-state index contributed by atoms with van der Waals surface area (Å²) in [6.07, 6.45) is 0.944. The number of aromatic amines is 1. The van der Waals surface area contributed by atoms with Gasteiger partial charge in [-0.2, -0.15) is 0 Å². The van der Waals surface area contributed by atoms with Crippen LogP contribution in [0.3, 0.4) is 0 Å². The third-order valence-electron chi connectivity index (χ3n) is 5.40. The highest BCUT2D eigenvalue weighted by atomic mass is 16.7. The van der Waals surface area contributed by atoms with Gasteiger partial charge in [0.05, 0.1) is 7.11 Å². The van der Waals surface area contributed by atoms with Gasteiger partial charge in [-0.25, -0.2) is 0 Å². The molecule has 1 amide bonds. The fourth-order valence-electron chi connectivity index (χ4n) is 3.90. The number of amides is 1. The molecule has 6 heteroatoms. The minimum absolute atomic E-state index is 0.0356. The molecule has 2 aliphatic rings. The maximum atomic E-state index is 13.0. The first-order chi connectivity index (χ1) is 13.2. The molecule has 0 radical (unpaired) electrons. The quantitative estimate of drug-likeness (QED) is 0.772. The number of H-pyrrole nitrogens is 1. The van der Waals surface area contributed by atoms with E-state index in [-0.39, 0.29) is 12.7 Å². The van der Waals surface area contributed by atoms with Crippen LogP contribution < -0.4 is 14.2 Å². The number of hydrogen-bond donors (Lipinski definition) is 1. The summed E-state index contributed by atoms with van der Waals surface area (Å²) < 4.78 is 16.1. The van der Waals surface area contributed by atoms with Crippen molar-refractivity contribution in [2.75, 3.05) is 27.0 Å². The Morgan fingerprint density at radius 1 is 1.15 bits per heavy atom. The highest BCUT2D eigenvalue weighted by molar-refractivity contribution is 5.98. The van der Waals surface area contributed by atoms with Gasteiger partial charge in [0, 0.05) is 36.0 Å². The number of likely N-dealkylation sites (tertiary alicyclic amines) is 1. The van der Waals surface area contributed by atoms with Crippen molar-refractivity contribution >= 4 is 16.8 Å². The number of carbonyl (C=O) groups excluding carboxylic acids is 1. The third kappa shape index (κ3) is 2.77. The first-order valence-electron chi connectivity index (χ1n) is 9.07. The SMILES string of the molecule is COc1ccc2cc(C(=O)N3CCC(c4ccc5c(c4)OCO5)C3)[nH]c2c1. The Kier molecular flexibility index (Phi) is 3.70. The van der Waals surface area contributed by atoms with Crippen molar-refractivity contribution in [1.29, 1.82) is 0 Å². The van der Waals surface area contributed by atoms with Gasteiger partial charge in [0.15, 0.2) is 11.5 Å². The average molecular weight is 364 g/mol. The van der Waals surface area contributed by atoms with Crippen LogP contribution in [0.5, 0.6) is 17.2 Å². The number of hydrogen-bond acceptors (Lipinski definition) is 4. The fraction of sp³-hybridized carbons (Fsp3) is 0.286. The van der Waals surface area contributed by atoms with E-state index in [1.165, 1.54) is 5.56 Å². The molecule has 1 saturated heterocycles. The molecule has 6 nitrogen and oxygen atoms in total. The first-order valence-corrected chi connectivity index (χ1v) is 9.07. The summed E-state index contributed by atoms with van der Waals surface area (Å²) in [6.45, 7) is 1.73. The fourth-order valence-corrected chi connectivity index (χ4v) is 3.90. The van der Waals surface area contributed by atoms with Crippen molar-refractivity contribution in [1.82, 2.24) is 9.88 Å². The lowest BCUT2D eigenvalue weighted by Gasteiger charge is -2.16. The summed E-state index contributed by atoms with van der Waals surface area (Å²) in [6, 6.07) is 13.7. The number of fused-ring (bicyclic) bond motifs is 2. The van der Waals surface area contributed by atoms with Crippen LogP contribution in [0.1, 0.15) is 28.4 Å². The highest BCUT2D eigenvalue weighted by Crippen LogP contribution is 2.37. The molecule has 1 N–H and O–H groups in total. The molecular formula is C21H20N2O4. The lowest BCUT2D eigenvalue weighted by Crippen LogP contribution is -2.28. The molecule has 0 saturated carbocycles. The summed E-state index contributed by atoms with van der Waals surface area (Å²) in [5.74, 6) is 2.70. The second kappa shape index (κ2) is 6.23. The van der Waals surface area contributed by atoms with Crippen molar-refractivity contribution < 1.29 is 19.0 Å². The number of aromatic nitrogens is 1. The summed E-state index contributed by atoms with van der Waals surface area (Å²) in [5, 5.41) is 1.01. The van der Waals surface area contributed by atoms with Gasteiger partial charge in [0.1, 0.15) is 11.4 Å². The Hall–Kier alpha value is -3.15. The topological polar surface area (TPSA) is 63.8 Å². The second-order valence-electron chi connectivity index (χ2n) is 6.99. The minimum Gasteiger partial charge on any atom is -0.497 e. The van der Waals surface area contributed by atoms with Gasteiger partial charge in [-0.1, -0.05) is 6.07 Å². The van der Waals surface area contributed by atoms with Crippen LogP contribution in [0.15, 0.2) is 42.5 Å². The molecule has 5 rings (SSSR count). The maximum Gasteiger partial charge on any atom is 0.270 e. The van der Waals surface area contributed by atoms with E-state index in [4.69, 9.17) is 14.2 Å². The number of carbonyl (C=O) groups is 1. The molecule has 138 valence electrons. The van der Waals surface area contributed by atoms with Gasteiger partial charge >= 0.3 is 0 Å². The summed E-state index contributed by atoms with van der Waals surface area (Å²) in [5.41, 5.74) is 2.71. The molecule has 0 aliphatic carbocycles. The van der Waals surface area contributed by atoms with Crippen molar-refractivity contribution in [3.8, 4) is 17.2 Å². The number of benzene rings is 2. The van der Waals surface area contributed by atoms with Crippen LogP contribution in [-0.4, -0.2) is 42.8 Å². The molecule has 1 atom stereocenters. The molecule has 2 aromatic carbocycles. The van der Waals surface area contributed by atoms with Crippen LogP contribution in [0.4, 0.5) is 0 Å². The molecule has 0 bridgehead atoms. The van der Waals surface area contributed by atoms with Gasteiger partial charge in [0.2, 0.25) is 6.79 Å². The number of rotatable bonds is 3. The third-order valence-corrected chi connectivity index (χ3v) is 5.40. The largest absolute Gasteiger partial charge is 0.497 e. The number of ether oxygens (including phenoxy) is 3. The van der Waals surface area contributed by atoms with Crippen molar-refractivity contribution in [3.05, 3.63) is 53.7 Å². The Morgan fingerprint density at radius 3 is 2.93 bits per heavy atom. The zero-order chi connectivity index (χ0) is 18.4. The van der Waals surface area contributed by atoms with E-state index in [1.807, 2.05) is 41.3 Å². The van der Waals surface area contributed by atoms with E-state index in [1.54, 1.807) is 7.11 Å². The van der Waals surface area contributed by atoms with Crippen molar-refractivity contribution in [3.63, 3.8) is 0 Å². The smallest absolute Gasteiger partial charge is 0.270 e. The molecule has 0 spiro atoms. The van der Waals surface area contributed by atoms with Crippen LogP contribution in [0.25, 0.3) is 10.9 Å². The molecule has 27 heavy (non-hydrogen) atoms. The number of nitrogens with zero attached hydrogens (tertiary/aromatic N) is 1. The number of methoxy groups -OCH3 is 1. The maximum absolute atomic E-state index is 13.0. The van der Waals surface area contributed by atoms with Gasteiger partial charge < -0.3 is 24.1 Å². The van der Waals surface area contributed by atoms with E-state index in [0.717, 1.165) is 41.1 Å². The van der Waals surface area contributed by atoms with E-state index >= 15 is 0 Å². The van der Waals surface area contributed by atoms with E-state index < -0.39 is 0 Å². The molecule has 1 fully saturated rings. The van der Waals surface area contributed by atoms with E-state index in [9.17, 15) is 4.79 Å². The van der Waals surface area contributed by atoms with Crippen LogP contribution in [0, 0.1) is 0 Å². The zero-order valence-corrected chi connectivity index (χ0v) is 15.0. The molecule has 1 aromatic heterocycles. The summed E-state index contributed by atoms with van der Waals surface area (Å²) >= 11 is 0. The van der Waals surface area contributed by atoms with E-state index in [0.29, 0.717) is 18.2 Å². The lowest BCUT2D eigenvalue weighted by molar-refractivity contribution is 0.0786. The molecule has 3 heterocycles. The predicted octanol–water partition coefficient (Wildman–Crippen LogP) is 3.53. The minimum atomic E-state index is 0.0356. The monoisotopic (exact) mass is 364 g/mol. The average Bonchev–Trinajstić information content (AvgIpc) is 3.44. The van der Waals surface area contributed by atoms with Gasteiger partial charge in [-0.3, -0.25) is 4.79 Å². The van der Waals surface area contributed by atoms with Gasteiger partial charge in [-0.15, -0.1) is 0 Å². The molecule has 1 unspecified atom stereocenters. The highest BCUT2D eigenvalue weighted by Gasteiger charge is 2.29. The molecular weight excluding hydrogens is 344 g/mol. The van der Waals surface area contributed by atoms with Crippen molar-refractivity contribution in [2.45, 2.75) is 12.3 Å². The van der Waals surface area contributed by atoms with E-state index in [2.05, 4.69) is 11.1 Å². The summed E-state index contributed by atoms with van der Waals surface area (Å²) in [7, 11) is 1.64.